The molecule has 0 bridgehead atoms. The van der Waals surface area contributed by atoms with E-state index in [-0.39, 0.29) is 0 Å². The van der Waals surface area contributed by atoms with Gasteiger partial charge in [-0.05, 0) is 31.0 Å². The van der Waals surface area contributed by atoms with Gasteiger partial charge >= 0.3 is 0 Å². The summed E-state index contributed by atoms with van der Waals surface area (Å²) in [5, 5.41) is 0. The molecule has 4 nitrogen and oxygen atoms in total. The van der Waals surface area contributed by atoms with Gasteiger partial charge in [0, 0.05) is 7.05 Å². The smallest absolute Gasteiger partial charge is 0.145 e. The van der Waals surface area contributed by atoms with Crippen LogP contribution in [0.2, 0.25) is 0 Å². The van der Waals surface area contributed by atoms with Crippen molar-refractivity contribution in [2.75, 3.05) is 25.7 Å². The molecule has 84 valence electrons. The predicted octanol–water partition coefficient (Wildman–Crippen LogP) is 1.17. The highest BCUT2D eigenvalue weighted by Gasteiger charge is 2.10. The van der Waals surface area contributed by atoms with Crippen LogP contribution < -0.4 is 20.9 Å². The minimum absolute atomic E-state index is 0.583. The molecule has 3 N–H and O–H groups in total. The van der Waals surface area contributed by atoms with Gasteiger partial charge in [-0.1, -0.05) is 6.07 Å². The lowest BCUT2D eigenvalue weighted by Gasteiger charge is -2.22. The molecule has 1 aromatic rings. The van der Waals surface area contributed by atoms with Crippen LogP contribution in [0, 0.1) is 13.8 Å². The van der Waals surface area contributed by atoms with Crippen LogP contribution in [-0.4, -0.2) is 20.8 Å². The SMILES string of the molecule is COc1c(C)cc(C)cc1N(C)CNN. The van der Waals surface area contributed by atoms with Gasteiger partial charge in [0.1, 0.15) is 5.75 Å². The summed E-state index contributed by atoms with van der Waals surface area (Å²) in [5.41, 5.74) is 6.03. The van der Waals surface area contributed by atoms with E-state index in [1.165, 1.54) is 5.56 Å². The van der Waals surface area contributed by atoms with E-state index in [1.54, 1.807) is 7.11 Å². The number of hydrogen-bond acceptors (Lipinski definition) is 4. The first-order chi connectivity index (χ1) is 7.10. The fraction of sp³-hybridized carbons (Fsp3) is 0.455. The van der Waals surface area contributed by atoms with Crippen LogP contribution in [-0.2, 0) is 0 Å². The van der Waals surface area contributed by atoms with E-state index >= 15 is 0 Å². The van der Waals surface area contributed by atoms with Crippen molar-refractivity contribution in [3.8, 4) is 5.75 Å². The minimum Gasteiger partial charge on any atom is -0.494 e. The van der Waals surface area contributed by atoms with Crippen molar-refractivity contribution < 1.29 is 4.74 Å². The normalized spacial score (nSPS) is 10.2. The van der Waals surface area contributed by atoms with Crippen molar-refractivity contribution >= 4 is 5.69 Å². The van der Waals surface area contributed by atoms with E-state index in [2.05, 4.69) is 24.5 Å². The topological polar surface area (TPSA) is 50.5 Å². The number of hydrazine groups is 1. The Hall–Kier alpha value is -1.26. The van der Waals surface area contributed by atoms with Crippen molar-refractivity contribution in [2.45, 2.75) is 13.8 Å². The molecule has 0 aliphatic heterocycles. The summed E-state index contributed by atoms with van der Waals surface area (Å²) in [7, 11) is 3.65. The van der Waals surface area contributed by atoms with Gasteiger partial charge in [0.25, 0.3) is 0 Å². The summed E-state index contributed by atoms with van der Waals surface area (Å²) < 4.78 is 5.39. The lowest BCUT2D eigenvalue weighted by atomic mass is 10.1. The second-order valence-corrected chi connectivity index (χ2v) is 3.69. The molecule has 0 saturated carbocycles. The van der Waals surface area contributed by atoms with Crippen molar-refractivity contribution in [2.24, 2.45) is 5.84 Å². The van der Waals surface area contributed by atoms with E-state index in [9.17, 15) is 0 Å². The monoisotopic (exact) mass is 209 g/mol. The molecule has 0 radical (unpaired) electrons. The van der Waals surface area contributed by atoms with E-state index in [0.717, 1.165) is 17.0 Å². The molecule has 0 saturated heterocycles. The first-order valence-corrected chi connectivity index (χ1v) is 4.90. The fourth-order valence-electron chi connectivity index (χ4n) is 1.70. The molecule has 0 fully saturated rings. The number of ether oxygens (including phenoxy) is 1. The lowest BCUT2D eigenvalue weighted by Crippen LogP contribution is -2.35. The Morgan fingerprint density at radius 1 is 1.40 bits per heavy atom. The molecule has 1 aromatic carbocycles. The molecular weight excluding hydrogens is 190 g/mol. The Balaban J connectivity index is 3.13. The van der Waals surface area contributed by atoms with E-state index < -0.39 is 0 Å². The zero-order valence-corrected chi connectivity index (χ0v) is 9.79. The van der Waals surface area contributed by atoms with Gasteiger partial charge in [-0.2, -0.15) is 0 Å². The summed E-state index contributed by atoms with van der Waals surface area (Å²) in [4.78, 5) is 2.01. The van der Waals surface area contributed by atoms with Crippen LogP contribution in [0.1, 0.15) is 11.1 Å². The summed E-state index contributed by atoms with van der Waals surface area (Å²) in [5.74, 6) is 6.20. The third-order valence-corrected chi connectivity index (χ3v) is 2.34. The average molecular weight is 209 g/mol. The first kappa shape index (κ1) is 11.8. The highest BCUT2D eigenvalue weighted by atomic mass is 16.5. The van der Waals surface area contributed by atoms with E-state index in [0.29, 0.717) is 6.67 Å². The number of benzene rings is 1. The van der Waals surface area contributed by atoms with Gasteiger partial charge in [0.05, 0.1) is 19.5 Å². The summed E-state index contributed by atoms with van der Waals surface area (Å²) in [6, 6.07) is 4.19. The molecule has 0 atom stereocenters. The highest BCUT2D eigenvalue weighted by molar-refractivity contribution is 5.62. The lowest BCUT2D eigenvalue weighted by molar-refractivity contribution is 0.411. The molecule has 1 rings (SSSR count). The highest BCUT2D eigenvalue weighted by Crippen LogP contribution is 2.31. The van der Waals surface area contributed by atoms with Gasteiger partial charge in [0.15, 0.2) is 0 Å². The van der Waals surface area contributed by atoms with Crippen LogP contribution >= 0.6 is 0 Å². The number of nitrogens with two attached hydrogens (primary N) is 1. The Morgan fingerprint density at radius 3 is 2.60 bits per heavy atom. The van der Waals surface area contributed by atoms with Gasteiger partial charge in [-0.3, -0.25) is 5.84 Å². The largest absolute Gasteiger partial charge is 0.494 e. The second-order valence-electron chi connectivity index (χ2n) is 3.69. The van der Waals surface area contributed by atoms with Crippen LogP contribution in [0.25, 0.3) is 0 Å². The molecule has 0 aliphatic carbocycles. The zero-order valence-electron chi connectivity index (χ0n) is 9.79. The van der Waals surface area contributed by atoms with E-state index in [4.69, 9.17) is 10.6 Å². The second kappa shape index (κ2) is 5.00. The Bertz CT molecular complexity index is 339. The first-order valence-electron chi connectivity index (χ1n) is 4.90. The van der Waals surface area contributed by atoms with Gasteiger partial charge in [-0.15, -0.1) is 0 Å². The third-order valence-electron chi connectivity index (χ3n) is 2.34. The standard InChI is InChI=1S/C11H19N3O/c1-8-5-9(2)11(15-4)10(6-8)14(3)7-13-12/h5-6,13H,7,12H2,1-4H3. The van der Waals surface area contributed by atoms with Gasteiger partial charge in [0.2, 0.25) is 0 Å². The molecule has 0 amide bonds. The minimum atomic E-state index is 0.583. The molecular formula is C11H19N3O. The number of hydrogen-bond donors (Lipinski definition) is 2. The van der Waals surface area contributed by atoms with Crippen molar-refractivity contribution in [3.05, 3.63) is 23.3 Å². The van der Waals surface area contributed by atoms with Crippen LogP contribution in [0.5, 0.6) is 5.75 Å². The molecule has 0 aromatic heterocycles. The maximum atomic E-state index is 5.39. The molecule has 15 heavy (non-hydrogen) atoms. The Morgan fingerprint density at radius 2 is 2.07 bits per heavy atom. The van der Waals surface area contributed by atoms with Crippen LogP contribution in [0.4, 0.5) is 5.69 Å². The number of nitrogens with zero attached hydrogens (tertiary/aromatic N) is 1. The van der Waals surface area contributed by atoms with E-state index in [1.807, 2.05) is 18.9 Å². The molecule has 0 spiro atoms. The number of rotatable bonds is 4. The number of nitrogens with one attached hydrogen (secondary N) is 1. The number of anilines is 1. The maximum Gasteiger partial charge on any atom is 0.145 e. The Kier molecular flexibility index (Phi) is 3.94. The van der Waals surface area contributed by atoms with Crippen LogP contribution in [0.3, 0.4) is 0 Å². The molecule has 4 heteroatoms. The maximum absolute atomic E-state index is 5.39. The summed E-state index contributed by atoms with van der Waals surface area (Å²) >= 11 is 0. The summed E-state index contributed by atoms with van der Waals surface area (Å²) in [6.07, 6.45) is 0. The number of aryl methyl sites for hydroxylation is 2. The number of methoxy groups -OCH3 is 1. The van der Waals surface area contributed by atoms with Crippen molar-refractivity contribution in [1.82, 2.24) is 5.43 Å². The third kappa shape index (κ3) is 2.61. The predicted molar refractivity (Wildman–Crippen MR) is 63.1 cm³/mol. The van der Waals surface area contributed by atoms with Gasteiger partial charge < -0.3 is 9.64 Å². The van der Waals surface area contributed by atoms with Crippen molar-refractivity contribution in [1.29, 1.82) is 0 Å². The summed E-state index contributed by atoms with van der Waals surface area (Å²) in [6.45, 7) is 4.69. The van der Waals surface area contributed by atoms with Crippen LogP contribution in [0.15, 0.2) is 12.1 Å². The average Bonchev–Trinajstić information content (AvgIpc) is 2.17. The Labute approximate surface area is 91.0 Å². The molecule has 0 aliphatic rings. The molecule has 0 heterocycles. The van der Waals surface area contributed by atoms with Crippen molar-refractivity contribution in [3.63, 3.8) is 0 Å². The zero-order chi connectivity index (χ0) is 11.4. The fourth-order valence-corrected chi connectivity index (χ4v) is 1.70. The quantitative estimate of drug-likeness (QED) is 0.444. The molecule has 0 unspecified atom stereocenters. The van der Waals surface area contributed by atoms with Gasteiger partial charge in [-0.25, -0.2) is 5.43 Å².